The maximum absolute atomic E-state index is 13.8. The average molecular weight is 335 g/mol. The number of aliphatic hydroxyl groups excluding tert-OH is 1. The lowest BCUT2D eigenvalue weighted by atomic mass is 9.89. The summed E-state index contributed by atoms with van der Waals surface area (Å²) < 4.78 is 27.7. The first-order valence-electron chi connectivity index (χ1n) is 6.81. The zero-order chi connectivity index (χ0) is 14.4. The predicted molar refractivity (Wildman–Crippen MR) is 77.1 cm³/mol. The maximum Gasteiger partial charge on any atom is 0.143 e. The Bertz CT molecular complexity index is 409. The number of hydrogen-bond donors (Lipinski definition) is 1. The van der Waals surface area contributed by atoms with Crippen LogP contribution in [0.15, 0.2) is 16.6 Å². The van der Waals surface area contributed by atoms with Gasteiger partial charge in [-0.3, -0.25) is 0 Å². The predicted octanol–water partition coefficient (Wildman–Crippen LogP) is 4.85. The summed E-state index contributed by atoms with van der Waals surface area (Å²) in [5, 5.41) is 10.2. The van der Waals surface area contributed by atoms with Crippen molar-refractivity contribution in [3.63, 3.8) is 0 Å². The highest BCUT2D eigenvalue weighted by Gasteiger charge is 2.21. The number of rotatable bonds is 7. The minimum Gasteiger partial charge on any atom is -0.392 e. The fourth-order valence-electron chi connectivity index (χ4n) is 2.27. The summed E-state index contributed by atoms with van der Waals surface area (Å²) in [4.78, 5) is 0. The van der Waals surface area contributed by atoms with Gasteiger partial charge in [0, 0.05) is 12.0 Å². The van der Waals surface area contributed by atoms with Crippen LogP contribution in [0.4, 0.5) is 8.78 Å². The number of aliphatic hydroxyl groups is 1. The molecule has 19 heavy (non-hydrogen) atoms. The third-order valence-electron chi connectivity index (χ3n) is 3.55. The molecule has 0 amide bonds. The van der Waals surface area contributed by atoms with Crippen LogP contribution in [0.2, 0.25) is 0 Å². The van der Waals surface area contributed by atoms with E-state index >= 15 is 0 Å². The largest absolute Gasteiger partial charge is 0.392 e. The second-order valence-electron chi connectivity index (χ2n) is 4.90. The second-order valence-corrected chi connectivity index (χ2v) is 5.76. The minimum absolute atomic E-state index is 0.0271. The monoisotopic (exact) mass is 334 g/mol. The van der Waals surface area contributed by atoms with Crippen LogP contribution in [0, 0.1) is 17.6 Å². The Hall–Kier alpha value is -0.480. The topological polar surface area (TPSA) is 20.2 Å². The quantitative estimate of drug-likeness (QED) is 0.707. The number of halogens is 3. The van der Waals surface area contributed by atoms with E-state index in [9.17, 15) is 13.9 Å². The van der Waals surface area contributed by atoms with Crippen molar-refractivity contribution in [3.05, 3.63) is 33.8 Å². The van der Waals surface area contributed by atoms with Gasteiger partial charge in [0.05, 0.1) is 10.6 Å². The van der Waals surface area contributed by atoms with Crippen molar-refractivity contribution < 1.29 is 13.9 Å². The molecule has 0 aliphatic heterocycles. The molecule has 1 N–H and O–H groups in total. The number of hydrogen-bond acceptors (Lipinski definition) is 1. The molecule has 0 fully saturated rings. The van der Waals surface area contributed by atoms with Gasteiger partial charge < -0.3 is 5.11 Å². The lowest BCUT2D eigenvalue weighted by Gasteiger charge is -2.22. The first-order valence-corrected chi connectivity index (χ1v) is 7.60. The van der Waals surface area contributed by atoms with Gasteiger partial charge in [0.25, 0.3) is 0 Å². The molecule has 2 unspecified atom stereocenters. The molecule has 108 valence electrons. The molecule has 0 saturated carbocycles. The first-order chi connectivity index (χ1) is 9.01. The van der Waals surface area contributed by atoms with E-state index in [4.69, 9.17) is 0 Å². The Kier molecular flexibility index (Phi) is 6.94. The normalized spacial score (nSPS) is 14.4. The Morgan fingerprint density at radius 3 is 2.53 bits per heavy atom. The molecule has 0 aromatic heterocycles. The molecule has 1 aromatic carbocycles. The van der Waals surface area contributed by atoms with Crippen LogP contribution in [0.25, 0.3) is 0 Å². The Morgan fingerprint density at radius 2 is 1.95 bits per heavy atom. The molecule has 1 nitrogen and oxygen atoms in total. The number of benzene rings is 1. The summed E-state index contributed by atoms with van der Waals surface area (Å²) in [6.07, 6.45) is 3.13. The molecule has 1 rings (SSSR count). The summed E-state index contributed by atoms with van der Waals surface area (Å²) in [5.41, 5.74) is -0.0307. The van der Waals surface area contributed by atoms with Crippen LogP contribution in [0.3, 0.4) is 0 Å². The molecule has 0 heterocycles. The van der Waals surface area contributed by atoms with E-state index in [1.165, 1.54) is 12.1 Å². The summed E-state index contributed by atoms with van der Waals surface area (Å²) in [6.45, 7) is 4.09. The van der Waals surface area contributed by atoms with Crippen LogP contribution in [-0.2, 0) is 6.42 Å². The third-order valence-corrected chi connectivity index (χ3v) is 4.16. The molecule has 1 aromatic rings. The molecular weight excluding hydrogens is 314 g/mol. The van der Waals surface area contributed by atoms with Crippen LogP contribution in [0.5, 0.6) is 0 Å². The Morgan fingerprint density at radius 1 is 1.26 bits per heavy atom. The molecule has 4 heteroatoms. The van der Waals surface area contributed by atoms with E-state index in [-0.39, 0.29) is 22.4 Å². The zero-order valence-electron chi connectivity index (χ0n) is 11.4. The highest BCUT2D eigenvalue weighted by molar-refractivity contribution is 9.10. The van der Waals surface area contributed by atoms with Gasteiger partial charge in [0.2, 0.25) is 0 Å². The van der Waals surface area contributed by atoms with Gasteiger partial charge >= 0.3 is 0 Å². The molecule has 0 bridgehead atoms. The molecule has 0 spiro atoms. The van der Waals surface area contributed by atoms with Gasteiger partial charge in [-0.05, 0) is 40.4 Å². The van der Waals surface area contributed by atoms with Gasteiger partial charge in [-0.25, -0.2) is 8.78 Å². The van der Waals surface area contributed by atoms with Crippen molar-refractivity contribution >= 4 is 15.9 Å². The first kappa shape index (κ1) is 16.6. The summed E-state index contributed by atoms with van der Waals surface area (Å²) in [5.74, 6) is -1.10. The van der Waals surface area contributed by atoms with E-state index in [1.54, 1.807) is 0 Å². The van der Waals surface area contributed by atoms with E-state index in [0.717, 1.165) is 25.7 Å². The number of unbranched alkanes of at least 4 members (excludes halogenated alkanes) is 1. The van der Waals surface area contributed by atoms with E-state index in [0.29, 0.717) is 0 Å². The third kappa shape index (κ3) is 4.53. The zero-order valence-corrected chi connectivity index (χ0v) is 13.0. The fraction of sp³-hybridized carbons (Fsp3) is 0.600. The molecule has 0 saturated heterocycles. The van der Waals surface area contributed by atoms with Gasteiger partial charge in [-0.15, -0.1) is 0 Å². The van der Waals surface area contributed by atoms with Crippen LogP contribution in [-0.4, -0.2) is 11.2 Å². The van der Waals surface area contributed by atoms with Crippen molar-refractivity contribution in [3.8, 4) is 0 Å². The standard InChI is InChI=1S/C15H21BrF2O/c1-3-5-6-10(4-2)14(19)9-11-13(17)8-7-12(16)15(11)18/h7-8,10,14,19H,3-6,9H2,1-2H3. The minimum atomic E-state index is -0.699. The van der Waals surface area contributed by atoms with Crippen molar-refractivity contribution in [2.24, 2.45) is 5.92 Å². The van der Waals surface area contributed by atoms with Crippen molar-refractivity contribution in [2.75, 3.05) is 0 Å². The summed E-state index contributed by atoms with van der Waals surface area (Å²) in [7, 11) is 0. The molecule has 0 aliphatic carbocycles. The van der Waals surface area contributed by atoms with Crippen molar-refractivity contribution in [1.82, 2.24) is 0 Å². The van der Waals surface area contributed by atoms with E-state index in [2.05, 4.69) is 22.9 Å². The smallest absolute Gasteiger partial charge is 0.143 e. The highest BCUT2D eigenvalue weighted by Crippen LogP contribution is 2.26. The Labute approximate surface area is 122 Å². The molecular formula is C15H21BrF2O. The van der Waals surface area contributed by atoms with Crippen molar-refractivity contribution in [2.45, 2.75) is 52.1 Å². The lowest BCUT2D eigenvalue weighted by molar-refractivity contribution is 0.0969. The van der Waals surface area contributed by atoms with Crippen molar-refractivity contribution in [1.29, 1.82) is 0 Å². The second kappa shape index (κ2) is 7.95. The van der Waals surface area contributed by atoms with E-state index < -0.39 is 17.7 Å². The lowest BCUT2D eigenvalue weighted by Crippen LogP contribution is -2.23. The van der Waals surface area contributed by atoms with Crippen LogP contribution in [0.1, 0.15) is 45.1 Å². The Balaban J connectivity index is 2.80. The van der Waals surface area contributed by atoms with Crippen LogP contribution < -0.4 is 0 Å². The van der Waals surface area contributed by atoms with Gasteiger partial charge in [0.15, 0.2) is 0 Å². The maximum atomic E-state index is 13.8. The molecule has 0 aliphatic rings. The van der Waals surface area contributed by atoms with Gasteiger partial charge in [-0.1, -0.05) is 33.1 Å². The van der Waals surface area contributed by atoms with Gasteiger partial charge in [0.1, 0.15) is 11.6 Å². The summed E-state index contributed by atoms with van der Waals surface area (Å²) in [6, 6.07) is 2.57. The van der Waals surface area contributed by atoms with E-state index in [1.807, 2.05) is 6.92 Å². The van der Waals surface area contributed by atoms with Gasteiger partial charge in [-0.2, -0.15) is 0 Å². The van der Waals surface area contributed by atoms with Crippen LogP contribution >= 0.6 is 15.9 Å². The summed E-state index contributed by atoms with van der Waals surface area (Å²) >= 11 is 3.04. The average Bonchev–Trinajstić information content (AvgIpc) is 2.40. The SMILES string of the molecule is CCCCC(CC)C(O)Cc1c(F)ccc(Br)c1F. The molecule has 2 atom stereocenters. The fourth-order valence-corrected chi connectivity index (χ4v) is 2.64. The highest BCUT2D eigenvalue weighted by atomic mass is 79.9. The molecule has 0 radical (unpaired) electrons.